The van der Waals surface area contributed by atoms with Gasteiger partial charge in [0.2, 0.25) is 0 Å². The van der Waals surface area contributed by atoms with E-state index in [9.17, 15) is 18.7 Å². The molecule has 0 heterocycles. The first kappa shape index (κ1) is 28.0. The van der Waals surface area contributed by atoms with Crippen molar-refractivity contribution in [3.63, 3.8) is 0 Å². The Balaban J connectivity index is 1.46. The second-order valence-corrected chi connectivity index (χ2v) is 9.38. The number of ether oxygens (including phenoxy) is 1. The van der Waals surface area contributed by atoms with Crippen LogP contribution in [0.4, 0.5) is 8.78 Å². The van der Waals surface area contributed by atoms with Gasteiger partial charge in [-0.3, -0.25) is 4.79 Å². The predicted molar refractivity (Wildman–Crippen MR) is 148 cm³/mol. The Morgan fingerprint density at radius 3 is 2.26 bits per heavy atom. The molecule has 0 aliphatic rings. The quantitative estimate of drug-likeness (QED) is 0.216. The van der Waals surface area contributed by atoms with Crippen molar-refractivity contribution < 1.29 is 23.4 Å². The Labute approximate surface area is 227 Å². The fraction of sp³-hybridized carbons (Fsp3) is 0.219. The summed E-state index contributed by atoms with van der Waals surface area (Å²) in [5, 5.41) is 17.1. The molecule has 0 saturated carbocycles. The van der Waals surface area contributed by atoms with Crippen molar-refractivity contribution in [3.8, 4) is 11.5 Å². The molecule has 39 heavy (non-hydrogen) atoms. The number of carbonyl (C=O) groups excluding carboxylic acids is 1. The Morgan fingerprint density at radius 2 is 1.51 bits per heavy atom. The van der Waals surface area contributed by atoms with Crippen molar-refractivity contribution in [1.29, 1.82) is 0 Å². The molecule has 0 fully saturated rings. The Hall–Kier alpha value is -4.07. The lowest BCUT2D eigenvalue weighted by atomic mass is 10.00. The highest BCUT2D eigenvalue weighted by atomic mass is 19.1. The molecule has 3 N–H and O–H groups in total. The fourth-order valence-electron chi connectivity index (χ4n) is 4.31. The molecule has 0 bridgehead atoms. The van der Waals surface area contributed by atoms with Gasteiger partial charge in [0.25, 0.3) is 5.91 Å². The highest BCUT2D eigenvalue weighted by Crippen LogP contribution is 2.22. The van der Waals surface area contributed by atoms with Crippen LogP contribution in [0.5, 0.6) is 11.5 Å². The molecule has 5 nitrogen and oxygen atoms in total. The highest BCUT2D eigenvalue weighted by molar-refractivity contribution is 5.94. The lowest BCUT2D eigenvalue weighted by Crippen LogP contribution is -2.48. The van der Waals surface area contributed by atoms with Crippen LogP contribution in [-0.4, -0.2) is 29.7 Å². The number of aliphatic hydroxyl groups excluding tert-OH is 1. The molecule has 0 aromatic heterocycles. The molecule has 0 radical (unpaired) electrons. The maximum Gasteiger partial charge on any atom is 0.251 e. The van der Waals surface area contributed by atoms with E-state index in [4.69, 9.17) is 4.74 Å². The van der Waals surface area contributed by atoms with Gasteiger partial charge in [-0.1, -0.05) is 55.5 Å². The number of para-hydroxylation sites is 1. The first-order valence-electron chi connectivity index (χ1n) is 12.9. The minimum atomic E-state index is -1.03. The SMILES string of the molecule is CCc1cccc(CNC[C@@H](O)[C@H](Cc2cc(F)cc(F)c2)NC(=O)c2cccc(Oc3ccccc3)c2)c1. The smallest absolute Gasteiger partial charge is 0.251 e. The number of aliphatic hydroxyl groups is 1. The summed E-state index contributed by atoms with van der Waals surface area (Å²) >= 11 is 0. The third-order valence-electron chi connectivity index (χ3n) is 6.32. The third-order valence-corrected chi connectivity index (χ3v) is 6.32. The molecule has 0 aliphatic heterocycles. The average Bonchev–Trinajstić information content (AvgIpc) is 2.93. The average molecular weight is 531 g/mol. The summed E-state index contributed by atoms with van der Waals surface area (Å²) in [6.45, 7) is 2.78. The molecule has 2 atom stereocenters. The number of benzene rings is 4. The number of amides is 1. The Kier molecular flexibility index (Phi) is 9.78. The van der Waals surface area contributed by atoms with Gasteiger partial charge in [-0.25, -0.2) is 8.78 Å². The zero-order chi connectivity index (χ0) is 27.6. The number of carbonyl (C=O) groups is 1. The molecule has 4 aromatic rings. The first-order chi connectivity index (χ1) is 18.9. The molecule has 0 saturated heterocycles. The summed E-state index contributed by atoms with van der Waals surface area (Å²) < 4.78 is 33.6. The minimum absolute atomic E-state index is 0.0365. The zero-order valence-electron chi connectivity index (χ0n) is 21.7. The van der Waals surface area contributed by atoms with Crippen LogP contribution in [0.15, 0.2) is 97.1 Å². The highest BCUT2D eigenvalue weighted by Gasteiger charge is 2.23. The van der Waals surface area contributed by atoms with Gasteiger partial charge in [-0.2, -0.15) is 0 Å². The van der Waals surface area contributed by atoms with Gasteiger partial charge in [0, 0.05) is 24.7 Å². The van der Waals surface area contributed by atoms with Crippen molar-refractivity contribution in [2.24, 2.45) is 0 Å². The normalized spacial score (nSPS) is 12.5. The van der Waals surface area contributed by atoms with E-state index in [2.05, 4.69) is 29.7 Å². The van der Waals surface area contributed by atoms with E-state index in [0.717, 1.165) is 18.1 Å². The summed E-state index contributed by atoms with van der Waals surface area (Å²) in [5.74, 6) is -0.764. The van der Waals surface area contributed by atoms with Crippen LogP contribution >= 0.6 is 0 Å². The largest absolute Gasteiger partial charge is 0.457 e. The van der Waals surface area contributed by atoms with E-state index < -0.39 is 29.7 Å². The van der Waals surface area contributed by atoms with Gasteiger partial charge in [0.1, 0.15) is 23.1 Å². The number of hydrogen-bond donors (Lipinski definition) is 3. The molecule has 202 valence electrons. The lowest BCUT2D eigenvalue weighted by Gasteiger charge is -2.25. The number of aryl methyl sites for hydroxylation is 1. The van der Waals surface area contributed by atoms with Crippen molar-refractivity contribution in [1.82, 2.24) is 10.6 Å². The first-order valence-corrected chi connectivity index (χ1v) is 12.9. The summed E-state index contributed by atoms with van der Waals surface area (Å²) in [6, 6.07) is 26.4. The molecule has 0 aliphatic carbocycles. The summed E-state index contributed by atoms with van der Waals surface area (Å²) in [5.41, 5.74) is 2.94. The molecule has 0 spiro atoms. The van der Waals surface area contributed by atoms with Crippen molar-refractivity contribution in [2.45, 2.75) is 38.5 Å². The van der Waals surface area contributed by atoms with Crippen LogP contribution in [0.1, 0.15) is 34.0 Å². The van der Waals surface area contributed by atoms with E-state index in [1.807, 2.05) is 42.5 Å². The standard InChI is InChI=1S/C32H32F2N2O3/c1-2-22-8-6-9-23(14-22)20-35-21-31(37)30(17-24-15-26(33)19-27(34)16-24)36-32(38)25-10-7-13-29(18-25)39-28-11-4-3-5-12-28/h3-16,18-19,30-31,35,37H,2,17,20-21H2,1H3,(H,36,38)/t30-,31+/m0/s1. The van der Waals surface area contributed by atoms with E-state index in [1.54, 1.807) is 24.3 Å². The van der Waals surface area contributed by atoms with Crippen LogP contribution in [0.25, 0.3) is 0 Å². The number of halogens is 2. The molecule has 7 heteroatoms. The lowest BCUT2D eigenvalue weighted by molar-refractivity contribution is 0.0829. The van der Waals surface area contributed by atoms with Gasteiger partial charge in [-0.05, 0) is 72.0 Å². The van der Waals surface area contributed by atoms with Crippen LogP contribution < -0.4 is 15.4 Å². The van der Waals surface area contributed by atoms with Crippen LogP contribution in [-0.2, 0) is 19.4 Å². The zero-order valence-corrected chi connectivity index (χ0v) is 21.7. The molecular weight excluding hydrogens is 498 g/mol. The maximum atomic E-state index is 13.9. The number of rotatable bonds is 12. The van der Waals surface area contributed by atoms with Crippen molar-refractivity contribution in [3.05, 3.63) is 131 Å². The van der Waals surface area contributed by atoms with Crippen LogP contribution in [0.2, 0.25) is 0 Å². The summed E-state index contributed by atoms with van der Waals surface area (Å²) in [7, 11) is 0. The Morgan fingerprint density at radius 1 is 0.821 bits per heavy atom. The van der Waals surface area contributed by atoms with Gasteiger partial charge in [0.05, 0.1) is 12.1 Å². The van der Waals surface area contributed by atoms with E-state index >= 15 is 0 Å². The van der Waals surface area contributed by atoms with Crippen LogP contribution in [0.3, 0.4) is 0 Å². The third kappa shape index (κ3) is 8.46. The second-order valence-electron chi connectivity index (χ2n) is 9.38. The van der Waals surface area contributed by atoms with Gasteiger partial charge in [0.15, 0.2) is 0 Å². The molecule has 0 unspecified atom stereocenters. The van der Waals surface area contributed by atoms with E-state index in [1.165, 1.54) is 17.7 Å². The molecule has 4 aromatic carbocycles. The van der Waals surface area contributed by atoms with Crippen LogP contribution in [0, 0.1) is 11.6 Å². The van der Waals surface area contributed by atoms with Crippen molar-refractivity contribution >= 4 is 5.91 Å². The monoisotopic (exact) mass is 530 g/mol. The van der Waals surface area contributed by atoms with Gasteiger partial charge < -0.3 is 20.5 Å². The van der Waals surface area contributed by atoms with Crippen molar-refractivity contribution in [2.75, 3.05) is 6.54 Å². The molecule has 1 amide bonds. The van der Waals surface area contributed by atoms with Gasteiger partial charge in [-0.15, -0.1) is 0 Å². The molecular formula is C32H32F2N2O3. The minimum Gasteiger partial charge on any atom is -0.457 e. The number of hydrogen-bond acceptors (Lipinski definition) is 4. The summed E-state index contributed by atoms with van der Waals surface area (Å²) in [4.78, 5) is 13.2. The fourth-order valence-corrected chi connectivity index (χ4v) is 4.31. The Bertz CT molecular complexity index is 1360. The summed E-state index contributed by atoms with van der Waals surface area (Å²) in [6.07, 6.45) is -0.0698. The predicted octanol–water partition coefficient (Wildman–Crippen LogP) is 5.81. The number of nitrogens with one attached hydrogen (secondary N) is 2. The maximum absolute atomic E-state index is 13.9. The topological polar surface area (TPSA) is 70.6 Å². The molecule has 4 rings (SSSR count). The van der Waals surface area contributed by atoms with E-state index in [-0.39, 0.29) is 13.0 Å². The van der Waals surface area contributed by atoms with Gasteiger partial charge >= 0.3 is 0 Å². The second kappa shape index (κ2) is 13.6. The van der Waals surface area contributed by atoms with E-state index in [0.29, 0.717) is 29.2 Å².